The van der Waals surface area contributed by atoms with Gasteiger partial charge in [-0.05, 0) is 35.9 Å². The molecule has 2 heterocycles. The molecule has 1 N–H and O–H groups in total. The largest absolute Gasteiger partial charge is 0.507 e. The summed E-state index contributed by atoms with van der Waals surface area (Å²) >= 11 is 6.08. The predicted molar refractivity (Wildman–Crippen MR) is 111 cm³/mol. The highest BCUT2D eigenvalue weighted by Gasteiger charge is 2.46. The minimum Gasteiger partial charge on any atom is -0.507 e. The van der Waals surface area contributed by atoms with Crippen LogP contribution < -0.4 is 4.74 Å². The Morgan fingerprint density at radius 3 is 2.57 bits per heavy atom. The van der Waals surface area contributed by atoms with E-state index in [1.165, 1.54) is 24.3 Å². The van der Waals surface area contributed by atoms with Crippen molar-refractivity contribution in [3.05, 3.63) is 94.4 Å². The summed E-state index contributed by atoms with van der Waals surface area (Å²) in [7, 11) is 1.46. The number of rotatable bonds is 5. The average Bonchev–Trinajstić information content (AvgIpc) is 3.36. The molecule has 0 spiro atoms. The van der Waals surface area contributed by atoms with E-state index in [4.69, 9.17) is 20.8 Å². The number of furan rings is 1. The zero-order valence-electron chi connectivity index (χ0n) is 16.0. The summed E-state index contributed by atoms with van der Waals surface area (Å²) in [5.41, 5.74) is 1.03. The zero-order chi connectivity index (χ0) is 21.3. The van der Waals surface area contributed by atoms with E-state index in [2.05, 4.69) is 0 Å². The molecule has 1 fully saturated rings. The lowest BCUT2D eigenvalue weighted by atomic mass is 9.95. The van der Waals surface area contributed by atoms with Crippen LogP contribution in [0.15, 0.2) is 76.9 Å². The monoisotopic (exact) mass is 423 g/mol. The average molecular weight is 424 g/mol. The standard InChI is InChI=1S/C23H18ClNO5/c1-29-18-12-15(9-10-17(18)24)21(26)19-20(14-6-3-2-4-7-14)25(23(28)22(19)27)13-16-8-5-11-30-16/h2-12,20,26H,13H2,1H3/b21-19-. The lowest BCUT2D eigenvalue weighted by Crippen LogP contribution is -2.29. The topological polar surface area (TPSA) is 80.0 Å². The number of carbonyl (C=O) groups excluding carboxylic acids is 2. The minimum absolute atomic E-state index is 0.00197. The first-order chi connectivity index (χ1) is 14.5. The number of Topliss-reactive ketones (excluding diaryl/α,β-unsaturated/α-hetero) is 1. The number of hydrogen-bond acceptors (Lipinski definition) is 5. The maximum atomic E-state index is 13.0. The molecule has 30 heavy (non-hydrogen) atoms. The molecule has 3 aromatic rings. The number of methoxy groups -OCH3 is 1. The van der Waals surface area contributed by atoms with Crippen molar-refractivity contribution >= 4 is 29.1 Å². The first-order valence-electron chi connectivity index (χ1n) is 9.21. The molecule has 1 aromatic heterocycles. The second-order valence-corrected chi connectivity index (χ2v) is 7.17. The second kappa shape index (κ2) is 8.08. The maximum absolute atomic E-state index is 13.0. The molecule has 1 aliphatic rings. The molecular formula is C23H18ClNO5. The van der Waals surface area contributed by atoms with E-state index in [-0.39, 0.29) is 17.9 Å². The molecule has 0 radical (unpaired) electrons. The van der Waals surface area contributed by atoms with Gasteiger partial charge in [0, 0.05) is 5.56 Å². The summed E-state index contributed by atoms with van der Waals surface area (Å²) in [5.74, 6) is -0.878. The van der Waals surface area contributed by atoms with Gasteiger partial charge in [-0.25, -0.2) is 0 Å². The van der Waals surface area contributed by atoms with Crippen LogP contribution in [0.2, 0.25) is 5.02 Å². The van der Waals surface area contributed by atoms with Crippen LogP contribution in [0.5, 0.6) is 5.75 Å². The van der Waals surface area contributed by atoms with Gasteiger partial charge in [0.25, 0.3) is 11.7 Å². The zero-order valence-corrected chi connectivity index (χ0v) is 16.8. The summed E-state index contributed by atoms with van der Waals surface area (Å²) < 4.78 is 10.6. The van der Waals surface area contributed by atoms with Crippen LogP contribution in [0.1, 0.15) is 22.9 Å². The lowest BCUT2D eigenvalue weighted by Gasteiger charge is -2.24. The van der Waals surface area contributed by atoms with Crippen LogP contribution in [-0.4, -0.2) is 28.8 Å². The van der Waals surface area contributed by atoms with Gasteiger partial charge >= 0.3 is 0 Å². The summed E-state index contributed by atoms with van der Waals surface area (Å²) in [4.78, 5) is 27.2. The molecule has 1 unspecified atom stereocenters. The Labute approximate surface area is 177 Å². The Morgan fingerprint density at radius 1 is 1.13 bits per heavy atom. The van der Waals surface area contributed by atoms with E-state index in [1.54, 1.807) is 36.4 Å². The molecule has 1 amide bonds. The van der Waals surface area contributed by atoms with Crippen molar-refractivity contribution in [3.8, 4) is 5.75 Å². The van der Waals surface area contributed by atoms with Crippen LogP contribution in [0.4, 0.5) is 0 Å². The fraction of sp³-hybridized carbons (Fsp3) is 0.130. The van der Waals surface area contributed by atoms with Crippen LogP contribution >= 0.6 is 11.6 Å². The SMILES string of the molecule is COc1cc(/C(O)=C2/C(=O)C(=O)N(Cc3ccco3)C2c2ccccc2)ccc1Cl. The van der Waals surface area contributed by atoms with Gasteiger partial charge in [0.15, 0.2) is 0 Å². The molecule has 1 saturated heterocycles. The lowest BCUT2D eigenvalue weighted by molar-refractivity contribution is -0.140. The molecule has 0 saturated carbocycles. The Balaban J connectivity index is 1.87. The number of nitrogens with zero attached hydrogens (tertiary/aromatic N) is 1. The Morgan fingerprint density at radius 2 is 1.90 bits per heavy atom. The summed E-state index contributed by atoms with van der Waals surface area (Å²) in [6.45, 7) is 0.0951. The number of halogens is 1. The van der Waals surface area contributed by atoms with Gasteiger partial charge in [-0.1, -0.05) is 41.9 Å². The van der Waals surface area contributed by atoms with E-state index in [0.29, 0.717) is 27.7 Å². The Hall–Kier alpha value is -3.51. The summed E-state index contributed by atoms with van der Waals surface area (Å²) in [5, 5.41) is 11.4. The fourth-order valence-electron chi connectivity index (χ4n) is 3.56. The van der Waals surface area contributed by atoms with Crippen LogP contribution in [0.3, 0.4) is 0 Å². The fourth-order valence-corrected chi connectivity index (χ4v) is 3.75. The van der Waals surface area contributed by atoms with Crippen LogP contribution in [-0.2, 0) is 16.1 Å². The van der Waals surface area contributed by atoms with Crippen molar-refractivity contribution in [2.75, 3.05) is 7.11 Å². The number of carbonyl (C=O) groups is 2. The number of hydrogen-bond donors (Lipinski definition) is 1. The van der Waals surface area contributed by atoms with Gasteiger partial charge in [0.2, 0.25) is 0 Å². The number of ether oxygens (including phenoxy) is 1. The third kappa shape index (κ3) is 3.46. The first-order valence-corrected chi connectivity index (χ1v) is 9.58. The van der Waals surface area contributed by atoms with Crippen molar-refractivity contribution in [2.45, 2.75) is 12.6 Å². The molecule has 1 atom stereocenters. The highest BCUT2D eigenvalue weighted by atomic mass is 35.5. The molecule has 0 bridgehead atoms. The number of amides is 1. The van der Waals surface area contributed by atoms with Gasteiger partial charge in [-0.3, -0.25) is 9.59 Å². The number of aliphatic hydroxyl groups excluding tert-OH is 1. The summed E-state index contributed by atoms with van der Waals surface area (Å²) in [6.07, 6.45) is 1.50. The smallest absolute Gasteiger partial charge is 0.296 e. The van der Waals surface area contributed by atoms with Gasteiger partial charge in [-0.15, -0.1) is 0 Å². The van der Waals surface area contributed by atoms with E-state index < -0.39 is 17.7 Å². The molecule has 1 aliphatic heterocycles. The van der Waals surface area contributed by atoms with Crippen molar-refractivity contribution in [2.24, 2.45) is 0 Å². The molecule has 2 aromatic carbocycles. The third-order valence-corrected chi connectivity index (χ3v) is 5.30. The van der Waals surface area contributed by atoms with Crippen molar-refractivity contribution in [1.29, 1.82) is 0 Å². The molecule has 152 valence electrons. The van der Waals surface area contributed by atoms with Crippen LogP contribution in [0.25, 0.3) is 5.76 Å². The summed E-state index contributed by atoms with van der Waals surface area (Å²) in [6, 6.07) is 16.4. The first kappa shape index (κ1) is 19.8. The number of aliphatic hydroxyl groups is 1. The van der Waals surface area contributed by atoms with Gasteiger partial charge in [0.1, 0.15) is 17.3 Å². The van der Waals surface area contributed by atoms with Gasteiger partial charge in [-0.2, -0.15) is 0 Å². The van der Waals surface area contributed by atoms with Crippen molar-refractivity contribution in [3.63, 3.8) is 0 Å². The molecular weight excluding hydrogens is 406 g/mol. The minimum atomic E-state index is -0.766. The van der Waals surface area contributed by atoms with Gasteiger partial charge in [0.05, 0.1) is 36.6 Å². The van der Waals surface area contributed by atoms with E-state index in [9.17, 15) is 14.7 Å². The Kier molecular flexibility index (Phi) is 5.33. The number of ketones is 1. The third-order valence-electron chi connectivity index (χ3n) is 4.99. The van der Waals surface area contributed by atoms with E-state index in [0.717, 1.165) is 0 Å². The normalized spacial score (nSPS) is 18.1. The van der Waals surface area contributed by atoms with E-state index >= 15 is 0 Å². The van der Waals surface area contributed by atoms with Gasteiger partial charge < -0.3 is 19.2 Å². The van der Waals surface area contributed by atoms with E-state index in [1.807, 2.05) is 18.2 Å². The highest BCUT2D eigenvalue weighted by molar-refractivity contribution is 6.46. The van der Waals surface area contributed by atoms with Crippen LogP contribution in [0, 0.1) is 0 Å². The van der Waals surface area contributed by atoms with Crippen molar-refractivity contribution in [1.82, 2.24) is 4.90 Å². The number of likely N-dealkylation sites (tertiary alicyclic amines) is 1. The molecule has 7 heteroatoms. The Bertz CT molecular complexity index is 1120. The number of benzene rings is 2. The highest BCUT2D eigenvalue weighted by Crippen LogP contribution is 2.41. The predicted octanol–water partition coefficient (Wildman–Crippen LogP) is 4.56. The quantitative estimate of drug-likeness (QED) is 0.369. The second-order valence-electron chi connectivity index (χ2n) is 6.77. The molecule has 6 nitrogen and oxygen atoms in total. The molecule has 4 rings (SSSR count). The molecule has 0 aliphatic carbocycles. The maximum Gasteiger partial charge on any atom is 0.296 e. The van der Waals surface area contributed by atoms with Crippen molar-refractivity contribution < 1.29 is 23.8 Å².